The molecule has 1 rings (SSSR count). The SMILES string of the molecule is CCCCC1CC(OC)=CC1=O. The van der Waals surface area contributed by atoms with E-state index in [4.69, 9.17) is 4.74 Å². The van der Waals surface area contributed by atoms with Crippen LogP contribution in [0.15, 0.2) is 11.8 Å². The predicted octanol–water partition coefficient (Wildman–Crippen LogP) is 2.30. The van der Waals surface area contributed by atoms with Crippen molar-refractivity contribution in [2.75, 3.05) is 7.11 Å². The number of hydrogen-bond donors (Lipinski definition) is 0. The molecule has 0 aromatic carbocycles. The second-order valence-corrected chi connectivity index (χ2v) is 3.26. The van der Waals surface area contributed by atoms with Crippen molar-refractivity contribution in [3.05, 3.63) is 11.8 Å². The third-order valence-corrected chi connectivity index (χ3v) is 2.32. The minimum Gasteiger partial charge on any atom is -0.501 e. The van der Waals surface area contributed by atoms with Gasteiger partial charge in [-0.15, -0.1) is 0 Å². The van der Waals surface area contributed by atoms with Gasteiger partial charge in [0.2, 0.25) is 0 Å². The van der Waals surface area contributed by atoms with Crippen LogP contribution in [0.4, 0.5) is 0 Å². The minimum atomic E-state index is 0.208. The largest absolute Gasteiger partial charge is 0.501 e. The van der Waals surface area contributed by atoms with Crippen LogP contribution < -0.4 is 0 Å². The summed E-state index contributed by atoms with van der Waals surface area (Å²) in [5, 5.41) is 0. The Morgan fingerprint density at radius 2 is 2.42 bits per heavy atom. The van der Waals surface area contributed by atoms with Gasteiger partial charge in [-0.3, -0.25) is 4.79 Å². The number of allylic oxidation sites excluding steroid dienone is 2. The van der Waals surface area contributed by atoms with Crippen LogP contribution in [0.1, 0.15) is 32.6 Å². The van der Waals surface area contributed by atoms with E-state index in [0.717, 1.165) is 31.4 Å². The molecule has 1 unspecified atom stereocenters. The van der Waals surface area contributed by atoms with Gasteiger partial charge in [0.05, 0.1) is 12.9 Å². The molecule has 0 aromatic heterocycles. The number of rotatable bonds is 4. The van der Waals surface area contributed by atoms with Gasteiger partial charge in [-0.05, 0) is 6.42 Å². The van der Waals surface area contributed by atoms with Crippen LogP contribution >= 0.6 is 0 Å². The molecule has 0 heterocycles. The molecule has 0 radical (unpaired) electrons. The molecule has 0 aromatic rings. The zero-order valence-corrected chi connectivity index (χ0v) is 7.80. The molecule has 0 aliphatic heterocycles. The van der Waals surface area contributed by atoms with Crippen molar-refractivity contribution in [3.8, 4) is 0 Å². The third kappa shape index (κ3) is 2.10. The van der Waals surface area contributed by atoms with Crippen molar-refractivity contribution in [3.63, 3.8) is 0 Å². The lowest BCUT2D eigenvalue weighted by Crippen LogP contribution is -2.06. The highest BCUT2D eigenvalue weighted by atomic mass is 16.5. The highest BCUT2D eigenvalue weighted by Crippen LogP contribution is 2.26. The van der Waals surface area contributed by atoms with E-state index < -0.39 is 0 Å². The zero-order valence-electron chi connectivity index (χ0n) is 7.80. The van der Waals surface area contributed by atoms with Crippen LogP contribution in [-0.4, -0.2) is 12.9 Å². The molecule has 2 nitrogen and oxygen atoms in total. The molecule has 12 heavy (non-hydrogen) atoms. The summed E-state index contributed by atoms with van der Waals surface area (Å²) in [6.45, 7) is 2.14. The van der Waals surface area contributed by atoms with Gasteiger partial charge in [0.15, 0.2) is 5.78 Å². The van der Waals surface area contributed by atoms with E-state index in [1.807, 2.05) is 0 Å². The lowest BCUT2D eigenvalue weighted by Gasteiger charge is -2.06. The standard InChI is InChI=1S/C10H16O2/c1-3-4-5-8-6-9(12-2)7-10(8)11/h7-8H,3-6H2,1-2H3. The number of ketones is 1. The topological polar surface area (TPSA) is 26.3 Å². The van der Waals surface area contributed by atoms with Crippen LogP contribution in [0, 0.1) is 5.92 Å². The Balaban J connectivity index is 2.37. The average Bonchev–Trinajstić information content (AvgIpc) is 2.43. The monoisotopic (exact) mass is 168 g/mol. The molecule has 0 N–H and O–H groups in total. The number of carbonyl (C=O) groups is 1. The Hall–Kier alpha value is -0.790. The van der Waals surface area contributed by atoms with Crippen LogP contribution in [0.5, 0.6) is 0 Å². The maximum Gasteiger partial charge on any atom is 0.162 e. The van der Waals surface area contributed by atoms with Gasteiger partial charge in [-0.25, -0.2) is 0 Å². The summed E-state index contributed by atoms with van der Waals surface area (Å²) in [5.74, 6) is 1.31. The van der Waals surface area contributed by atoms with Gasteiger partial charge >= 0.3 is 0 Å². The molecule has 0 amide bonds. The first kappa shape index (κ1) is 9.30. The second kappa shape index (κ2) is 4.29. The fourth-order valence-corrected chi connectivity index (χ4v) is 1.52. The molecule has 1 atom stereocenters. The summed E-state index contributed by atoms with van der Waals surface area (Å²) < 4.78 is 5.03. The third-order valence-electron chi connectivity index (χ3n) is 2.32. The highest BCUT2D eigenvalue weighted by molar-refractivity contribution is 5.94. The Kier molecular flexibility index (Phi) is 3.32. The average molecular weight is 168 g/mol. The first-order valence-corrected chi connectivity index (χ1v) is 4.56. The Labute approximate surface area is 73.6 Å². The summed E-state index contributed by atoms with van der Waals surface area (Å²) in [6, 6.07) is 0. The number of unbranched alkanes of at least 4 members (excludes halogenated alkanes) is 1. The molecule has 2 heteroatoms. The van der Waals surface area contributed by atoms with E-state index in [-0.39, 0.29) is 11.7 Å². The fourth-order valence-electron chi connectivity index (χ4n) is 1.52. The van der Waals surface area contributed by atoms with E-state index in [1.165, 1.54) is 0 Å². The number of methoxy groups -OCH3 is 1. The molecule has 1 aliphatic rings. The lowest BCUT2D eigenvalue weighted by molar-refractivity contribution is -0.117. The van der Waals surface area contributed by atoms with Crippen LogP contribution in [0.25, 0.3) is 0 Å². The van der Waals surface area contributed by atoms with Crippen LogP contribution in [-0.2, 0) is 9.53 Å². The molecule has 0 saturated carbocycles. The second-order valence-electron chi connectivity index (χ2n) is 3.26. The first-order chi connectivity index (χ1) is 5.77. The summed E-state index contributed by atoms with van der Waals surface area (Å²) in [4.78, 5) is 11.3. The van der Waals surface area contributed by atoms with E-state index >= 15 is 0 Å². The highest BCUT2D eigenvalue weighted by Gasteiger charge is 2.24. The van der Waals surface area contributed by atoms with Gasteiger partial charge in [-0.1, -0.05) is 19.8 Å². The zero-order chi connectivity index (χ0) is 8.97. The molecule has 1 aliphatic carbocycles. The van der Waals surface area contributed by atoms with Crippen molar-refractivity contribution < 1.29 is 9.53 Å². The minimum absolute atomic E-state index is 0.208. The Bertz CT molecular complexity index is 194. The Morgan fingerprint density at radius 3 is 2.92 bits per heavy atom. The first-order valence-electron chi connectivity index (χ1n) is 4.56. The van der Waals surface area contributed by atoms with E-state index in [1.54, 1.807) is 13.2 Å². The van der Waals surface area contributed by atoms with Crippen LogP contribution in [0.2, 0.25) is 0 Å². The maximum absolute atomic E-state index is 11.3. The Morgan fingerprint density at radius 1 is 1.67 bits per heavy atom. The molecular formula is C10H16O2. The van der Waals surface area contributed by atoms with Crippen molar-refractivity contribution in [2.24, 2.45) is 5.92 Å². The van der Waals surface area contributed by atoms with E-state index in [2.05, 4.69) is 6.92 Å². The number of carbonyl (C=O) groups excluding carboxylic acids is 1. The van der Waals surface area contributed by atoms with Gasteiger partial charge < -0.3 is 4.74 Å². The van der Waals surface area contributed by atoms with Crippen molar-refractivity contribution in [2.45, 2.75) is 32.6 Å². The quantitative estimate of drug-likeness (QED) is 0.643. The smallest absolute Gasteiger partial charge is 0.162 e. The van der Waals surface area contributed by atoms with E-state index in [9.17, 15) is 4.79 Å². The van der Waals surface area contributed by atoms with Gasteiger partial charge in [-0.2, -0.15) is 0 Å². The molecule has 0 spiro atoms. The van der Waals surface area contributed by atoms with Crippen molar-refractivity contribution in [1.29, 1.82) is 0 Å². The molecular weight excluding hydrogens is 152 g/mol. The summed E-state index contributed by atoms with van der Waals surface area (Å²) in [6.07, 6.45) is 5.77. The molecule has 0 saturated heterocycles. The molecule has 68 valence electrons. The van der Waals surface area contributed by atoms with E-state index in [0.29, 0.717) is 0 Å². The predicted molar refractivity (Wildman–Crippen MR) is 47.7 cm³/mol. The number of ether oxygens (including phenoxy) is 1. The maximum atomic E-state index is 11.3. The fraction of sp³-hybridized carbons (Fsp3) is 0.700. The van der Waals surface area contributed by atoms with Crippen molar-refractivity contribution >= 4 is 5.78 Å². The summed E-state index contributed by atoms with van der Waals surface area (Å²) in [5.41, 5.74) is 0. The van der Waals surface area contributed by atoms with Crippen LogP contribution in [0.3, 0.4) is 0 Å². The molecule has 0 bridgehead atoms. The normalized spacial score (nSPS) is 22.7. The van der Waals surface area contributed by atoms with Gasteiger partial charge in [0.1, 0.15) is 0 Å². The van der Waals surface area contributed by atoms with Gasteiger partial charge in [0.25, 0.3) is 0 Å². The van der Waals surface area contributed by atoms with Gasteiger partial charge in [0, 0.05) is 18.4 Å². The number of hydrogen-bond acceptors (Lipinski definition) is 2. The lowest BCUT2D eigenvalue weighted by atomic mass is 9.99. The summed E-state index contributed by atoms with van der Waals surface area (Å²) in [7, 11) is 1.63. The molecule has 0 fully saturated rings. The van der Waals surface area contributed by atoms with Crippen molar-refractivity contribution in [1.82, 2.24) is 0 Å². The summed E-state index contributed by atoms with van der Waals surface area (Å²) >= 11 is 0.